The zero-order valence-electron chi connectivity index (χ0n) is 14.2. The maximum absolute atomic E-state index is 12.1. The Morgan fingerprint density at radius 1 is 1.26 bits per heavy atom. The van der Waals surface area contributed by atoms with Crippen molar-refractivity contribution in [3.63, 3.8) is 0 Å². The highest BCUT2D eigenvalue weighted by Crippen LogP contribution is 2.25. The number of carbonyl (C=O) groups excluding carboxylic acids is 1. The minimum atomic E-state index is -1.10. The fraction of sp³-hybridized carbons (Fsp3) is 0.176. The van der Waals surface area contributed by atoms with Gasteiger partial charge in [0.05, 0.1) is 18.3 Å². The molecule has 0 atom stereocenters. The van der Waals surface area contributed by atoms with Crippen LogP contribution in [0.4, 0.5) is 5.82 Å². The highest BCUT2D eigenvalue weighted by atomic mass is 35.5. The van der Waals surface area contributed by atoms with Gasteiger partial charge < -0.3 is 10.4 Å². The number of nitrogens with zero attached hydrogens (tertiary/aromatic N) is 4. The number of hydrogen-bond acceptors (Lipinski definition) is 4. The van der Waals surface area contributed by atoms with E-state index >= 15 is 0 Å². The number of carbonyl (C=O) groups is 2. The van der Waals surface area contributed by atoms with Gasteiger partial charge in [0, 0.05) is 33.6 Å². The van der Waals surface area contributed by atoms with Crippen LogP contribution in [0.1, 0.15) is 21.6 Å². The minimum absolute atomic E-state index is 0.0135. The van der Waals surface area contributed by atoms with Crippen LogP contribution in [0.2, 0.25) is 10.0 Å². The van der Waals surface area contributed by atoms with E-state index in [9.17, 15) is 9.59 Å². The first-order chi connectivity index (χ1) is 12.8. The van der Waals surface area contributed by atoms with E-state index in [-0.39, 0.29) is 18.0 Å². The molecule has 0 aliphatic carbocycles. The van der Waals surface area contributed by atoms with Crippen LogP contribution in [0.25, 0.3) is 0 Å². The molecule has 8 nitrogen and oxygen atoms in total. The molecule has 1 aromatic carbocycles. The molecular formula is C17H15Cl2N5O3. The molecule has 0 spiro atoms. The number of carboxylic acids is 1. The number of aromatic carboxylic acids is 1. The number of aryl methyl sites for hydroxylation is 1. The number of rotatable bonds is 6. The van der Waals surface area contributed by atoms with Gasteiger partial charge in [-0.25, -0.2) is 4.79 Å². The fourth-order valence-electron chi connectivity index (χ4n) is 2.45. The molecule has 0 aliphatic heterocycles. The molecule has 27 heavy (non-hydrogen) atoms. The lowest BCUT2D eigenvalue weighted by atomic mass is 10.2. The third kappa shape index (κ3) is 4.47. The van der Waals surface area contributed by atoms with Gasteiger partial charge in [0.1, 0.15) is 6.54 Å². The highest BCUT2D eigenvalue weighted by molar-refractivity contribution is 6.35. The van der Waals surface area contributed by atoms with Gasteiger partial charge in [-0.2, -0.15) is 10.2 Å². The summed E-state index contributed by atoms with van der Waals surface area (Å²) >= 11 is 12.4. The van der Waals surface area contributed by atoms with Crippen LogP contribution in [0, 0.1) is 6.92 Å². The first-order valence-electron chi connectivity index (χ1n) is 7.86. The summed E-state index contributed by atoms with van der Waals surface area (Å²) in [5.41, 5.74) is 1.57. The number of benzene rings is 1. The molecule has 10 heteroatoms. The second-order valence-electron chi connectivity index (χ2n) is 5.81. The van der Waals surface area contributed by atoms with Gasteiger partial charge in [-0.05, 0) is 19.1 Å². The zero-order chi connectivity index (χ0) is 19.6. The quantitative estimate of drug-likeness (QED) is 0.653. The summed E-state index contributed by atoms with van der Waals surface area (Å²) in [5.74, 6) is -1.11. The summed E-state index contributed by atoms with van der Waals surface area (Å²) in [6.45, 7) is 2.08. The molecule has 3 aromatic rings. The largest absolute Gasteiger partial charge is 0.478 e. The molecular weight excluding hydrogens is 393 g/mol. The van der Waals surface area contributed by atoms with Gasteiger partial charge in [-0.3, -0.25) is 14.2 Å². The van der Waals surface area contributed by atoms with E-state index in [1.807, 2.05) is 6.92 Å². The molecule has 0 radical (unpaired) electrons. The average Bonchev–Trinajstić information content (AvgIpc) is 3.18. The smallest absolute Gasteiger partial charge is 0.338 e. The van der Waals surface area contributed by atoms with Crippen molar-refractivity contribution in [3.05, 3.63) is 63.5 Å². The average molecular weight is 408 g/mol. The van der Waals surface area contributed by atoms with Gasteiger partial charge >= 0.3 is 5.97 Å². The normalized spacial score (nSPS) is 10.8. The lowest BCUT2D eigenvalue weighted by Crippen LogP contribution is -2.19. The number of anilines is 1. The highest BCUT2D eigenvalue weighted by Gasteiger charge is 2.13. The predicted octanol–water partition coefficient (Wildman–Crippen LogP) is 3.08. The van der Waals surface area contributed by atoms with Crippen molar-refractivity contribution in [2.45, 2.75) is 20.0 Å². The molecule has 2 N–H and O–H groups in total. The Bertz CT molecular complexity index is 992. The molecule has 0 aliphatic rings. The summed E-state index contributed by atoms with van der Waals surface area (Å²) < 4.78 is 2.92. The molecule has 0 saturated carbocycles. The number of amides is 1. The van der Waals surface area contributed by atoms with Crippen molar-refractivity contribution in [3.8, 4) is 0 Å². The van der Waals surface area contributed by atoms with E-state index in [4.69, 9.17) is 28.3 Å². The Balaban J connectivity index is 1.68. The van der Waals surface area contributed by atoms with Crippen LogP contribution in [-0.4, -0.2) is 36.5 Å². The molecule has 0 saturated heterocycles. The molecule has 140 valence electrons. The van der Waals surface area contributed by atoms with Crippen molar-refractivity contribution in [2.24, 2.45) is 0 Å². The van der Waals surface area contributed by atoms with Crippen molar-refractivity contribution in [1.29, 1.82) is 0 Å². The first-order valence-corrected chi connectivity index (χ1v) is 8.62. The van der Waals surface area contributed by atoms with E-state index in [0.29, 0.717) is 22.4 Å². The van der Waals surface area contributed by atoms with E-state index in [2.05, 4.69) is 15.5 Å². The van der Waals surface area contributed by atoms with E-state index < -0.39 is 5.97 Å². The fourth-order valence-corrected chi connectivity index (χ4v) is 2.97. The molecule has 0 unspecified atom stereocenters. The van der Waals surface area contributed by atoms with Crippen LogP contribution in [-0.2, 0) is 17.9 Å². The van der Waals surface area contributed by atoms with Crippen molar-refractivity contribution < 1.29 is 14.7 Å². The van der Waals surface area contributed by atoms with Crippen molar-refractivity contribution in [2.75, 3.05) is 5.32 Å². The number of hydrogen-bond donors (Lipinski definition) is 2. The van der Waals surface area contributed by atoms with Crippen LogP contribution >= 0.6 is 23.2 Å². The molecule has 3 rings (SSSR count). The van der Waals surface area contributed by atoms with E-state index in [0.717, 1.165) is 11.3 Å². The van der Waals surface area contributed by atoms with Crippen LogP contribution in [0.5, 0.6) is 0 Å². The molecule has 2 heterocycles. The SMILES string of the molecule is Cc1cc(NC(=O)Cn2cc(C(=O)O)cn2)nn1Cc1c(Cl)cccc1Cl. The lowest BCUT2D eigenvalue weighted by Gasteiger charge is -2.08. The molecule has 0 bridgehead atoms. The topological polar surface area (TPSA) is 102 Å². The second kappa shape index (κ2) is 7.81. The maximum atomic E-state index is 12.1. The third-order valence-electron chi connectivity index (χ3n) is 3.80. The number of aromatic nitrogens is 4. The Hall–Kier alpha value is -2.84. The van der Waals surface area contributed by atoms with E-state index in [1.165, 1.54) is 17.1 Å². The Labute approximate surface area is 164 Å². The first kappa shape index (κ1) is 18.9. The monoisotopic (exact) mass is 407 g/mol. The second-order valence-corrected chi connectivity index (χ2v) is 6.62. The third-order valence-corrected chi connectivity index (χ3v) is 4.51. The number of carboxylic acid groups (broad SMARTS) is 1. The molecule has 1 amide bonds. The number of halogens is 2. The lowest BCUT2D eigenvalue weighted by molar-refractivity contribution is -0.116. The van der Waals surface area contributed by atoms with Gasteiger partial charge in [-0.15, -0.1) is 0 Å². The van der Waals surface area contributed by atoms with Crippen LogP contribution in [0.3, 0.4) is 0 Å². The summed E-state index contributed by atoms with van der Waals surface area (Å²) in [4.78, 5) is 23.0. The van der Waals surface area contributed by atoms with Crippen molar-refractivity contribution >= 4 is 40.9 Å². The van der Waals surface area contributed by atoms with Gasteiger partial charge in [0.25, 0.3) is 0 Å². The van der Waals surface area contributed by atoms with Gasteiger partial charge in [0.15, 0.2) is 5.82 Å². The van der Waals surface area contributed by atoms with Gasteiger partial charge in [-0.1, -0.05) is 29.3 Å². The van der Waals surface area contributed by atoms with Gasteiger partial charge in [0.2, 0.25) is 5.91 Å². The van der Waals surface area contributed by atoms with Crippen LogP contribution in [0.15, 0.2) is 36.7 Å². The standard InChI is InChI=1S/C17H15Cl2N5O3/c1-10-5-15(21-16(25)9-23-7-11(6-20-23)17(26)27)22-24(10)8-12-13(18)3-2-4-14(12)19/h2-7H,8-9H2,1H3,(H,26,27)(H,21,22,25). The van der Waals surface area contributed by atoms with Crippen molar-refractivity contribution in [1.82, 2.24) is 19.6 Å². The summed E-state index contributed by atoms with van der Waals surface area (Å²) in [5, 5.41) is 20.8. The number of nitrogens with one attached hydrogen (secondary N) is 1. The Kier molecular flexibility index (Phi) is 5.48. The molecule has 2 aromatic heterocycles. The Morgan fingerprint density at radius 3 is 2.59 bits per heavy atom. The molecule has 0 fully saturated rings. The Morgan fingerprint density at radius 2 is 1.96 bits per heavy atom. The summed E-state index contributed by atoms with van der Waals surface area (Å²) in [6.07, 6.45) is 2.47. The summed E-state index contributed by atoms with van der Waals surface area (Å²) in [6, 6.07) is 6.98. The summed E-state index contributed by atoms with van der Waals surface area (Å²) in [7, 11) is 0. The predicted molar refractivity (Wildman–Crippen MR) is 100 cm³/mol. The maximum Gasteiger partial charge on any atom is 0.338 e. The minimum Gasteiger partial charge on any atom is -0.478 e. The van der Waals surface area contributed by atoms with E-state index in [1.54, 1.807) is 28.9 Å². The van der Waals surface area contributed by atoms with Crippen LogP contribution < -0.4 is 5.32 Å². The zero-order valence-corrected chi connectivity index (χ0v) is 15.7.